The number of pyridine rings is 3. The molecular formula is C63H63N23O6. The van der Waals surface area contributed by atoms with Crippen molar-refractivity contribution in [2.45, 2.75) is 34.2 Å². The molecule has 3 aromatic carbocycles. The number of anilines is 3. The van der Waals surface area contributed by atoms with Crippen molar-refractivity contribution < 1.29 is 14.4 Å². The standard InChI is InChI=1S/C24H22N8O2.C20H21N7O.C19H20N8O3/c1-2-25-24(34)30-23-28-19-12-17(13-20(22(19)29-23)32-10-5-9-27-32)16-7-11-31(21(33)14-16)15-18-6-3-4-8-26-18;1-3-26(4-2)20(28)25-19-23-16-11-15(14-7-5-8-21-13-14)12-17(18(16)24-19)27-10-6-9-22-27;1-4-20-18(29)24-17-22-12-8-11(13-10-15(28)26(3)19(30)25(13)2)9-14(16(12)23-17)27-7-5-6-21-27/h3-14H,2,15H2,1H3,(H3,25,28,29,30,34);5-13H,3-4H2,1-2H3,(H2,23,24,25,28);5-10H,4H2,1-3H3,(H3,20,22,23,24,29). The van der Waals surface area contributed by atoms with Crippen LogP contribution < -0.4 is 43.4 Å². The van der Waals surface area contributed by atoms with Crippen molar-refractivity contribution >= 4 is 69.0 Å². The van der Waals surface area contributed by atoms with E-state index in [0.717, 1.165) is 54.9 Å². The van der Waals surface area contributed by atoms with Crippen LogP contribution in [-0.2, 0) is 20.6 Å². The maximum Gasteiger partial charge on any atom is 0.330 e. The number of nitrogens with one attached hydrogen (secondary N) is 8. The molecule has 92 heavy (non-hydrogen) atoms. The number of fused-ring (bicyclic) bond motifs is 3. The fraction of sp³-hybridized carbons (Fsp3) is 0.175. The minimum Gasteiger partial charge on any atom is -0.338 e. The van der Waals surface area contributed by atoms with E-state index < -0.39 is 11.2 Å². The highest BCUT2D eigenvalue weighted by Gasteiger charge is 2.20. The van der Waals surface area contributed by atoms with Crippen molar-refractivity contribution in [2.24, 2.45) is 14.1 Å². The van der Waals surface area contributed by atoms with Gasteiger partial charge < -0.3 is 35.1 Å². The predicted octanol–water partition coefficient (Wildman–Crippen LogP) is 7.80. The largest absolute Gasteiger partial charge is 0.338 e. The summed E-state index contributed by atoms with van der Waals surface area (Å²) in [6, 6.07) is 30.3. The summed E-state index contributed by atoms with van der Waals surface area (Å²) in [5.74, 6) is 0.986. The molecule has 0 aliphatic rings. The van der Waals surface area contributed by atoms with Gasteiger partial charge in [-0.1, -0.05) is 12.1 Å². The normalized spacial score (nSPS) is 11.0. The molecule has 8 N–H and O–H groups in total. The van der Waals surface area contributed by atoms with Crippen LogP contribution in [0.2, 0.25) is 0 Å². The Balaban J connectivity index is 0.000000142. The summed E-state index contributed by atoms with van der Waals surface area (Å²) in [5.41, 5.74) is 10.7. The second-order valence-corrected chi connectivity index (χ2v) is 20.6. The van der Waals surface area contributed by atoms with Gasteiger partial charge in [0.25, 0.3) is 11.1 Å². The Hall–Kier alpha value is -12.6. The SMILES string of the molecule is CCN(CC)C(=O)Nc1nc2c(-n3cccn3)cc(-c3cccnc3)cc2[nH]1.CCNC(=O)Nc1nc2c(-n3cccn3)cc(-c3cc(=O)n(C)c(=O)n3C)cc2[nH]1.CCNC(=O)Nc1nc2c(-n3cccn3)cc(-c3ccn(Cc4ccccn4)c(=O)c3)cc2[nH]1. The molecule has 0 bridgehead atoms. The highest BCUT2D eigenvalue weighted by Crippen LogP contribution is 2.32. The van der Waals surface area contributed by atoms with E-state index in [1.807, 2.05) is 119 Å². The first-order valence-electron chi connectivity index (χ1n) is 29.2. The Bertz CT molecular complexity index is 4930. The van der Waals surface area contributed by atoms with Crippen LogP contribution in [0.15, 0.2) is 179 Å². The van der Waals surface area contributed by atoms with Gasteiger partial charge in [0.1, 0.15) is 16.6 Å². The van der Waals surface area contributed by atoms with Gasteiger partial charge in [-0.3, -0.25) is 44.6 Å². The smallest absolute Gasteiger partial charge is 0.330 e. The van der Waals surface area contributed by atoms with Gasteiger partial charge in [-0.15, -0.1) is 0 Å². The molecule has 0 saturated heterocycles. The first kappa shape index (κ1) is 61.1. The number of rotatable bonds is 15. The molecule has 0 spiro atoms. The average molecular weight is 1240 g/mol. The molecule has 0 fully saturated rings. The number of aromatic nitrogens is 17. The molecule has 0 aliphatic heterocycles. The molecule has 466 valence electrons. The minimum absolute atomic E-state index is 0.132. The maximum atomic E-state index is 12.8. The monoisotopic (exact) mass is 1240 g/mol. The van der Waals surface area contributed by atoms with Gasteiger partial charge in [-0.25, -0.2) is 48.2 Å². The summed E-state index contributed by atoms with van der Waals surface area (Å²) in [6.07, 6.45) is 17.5. The molecule has 10 heterocycles. The summed E-state index contributed by atoms with van der Waals surface area (Å²) in [4.78, 5) is 107. The number of benzene rings is 3. The third-order valence-corrected chi connectivity index (χ3v) is 14.6. The summed E-state index contributed by atoms with van der Waals surface area (Å²) >= 11 is 0. The molecule has 0 unspecified atom stereocenters. The van der Waals surface area contributed by atoms with Crippen LogP contribution in [0.1, 0.15) is 33.4 Å². The highest BCUT2D eigenvalue weighted by molar-refractivity contribution is 5.97. The molecule has 29 heteroatoms. The fourth-order valence-corrected chi connectivity index (χ4v) is 10.1. The van der Waals surface area contributed by atoms with Crippen LogP contribution in [0.3, 0.4) is 0 Å². The lowest BCUT2D eigenvalue weighted by Gasteiger charge is -2.17. The molecule has 13 rings (SSSR count). The van der Waals surface area contributed by atoms with E-state index in [0.29, 0.717) is 83.6 Å². The number of urea groups is 3. The van der Waals surface area contributed by atoms with E-state index in [9.17, 15) is 28.8 Å². The Labute approximate surface area is 522 Å². The Kier molecular flexibility index (Phi) is 18.1. The molecular weight excluding hydrogens is 1170 g/mol. The topological polar surface area (TPSA) is 346 Å². The van der Waals surface area contributed by atoms with Crippen LogP contribution in [0.5, 0.6) is 0 Å². The lowest BCUT2D eigenvalue weighted by molar-refractivity contribution is 0.217. The van der Waals surface area contributed by atoms with Gasteiger partial charge in [-0.2, -0.15) is 15.3 Å². The number of carbonyl (C=O) groups is 3. The van der Waals surface area contributed by atoms with E-state index in [1.54, 1.807) is 98.2 Å². The van der Waals surface area contributed by atoms with Crippen molar-refractivity contribution in [2.75, 3.05) is 42.1 Å². The summed E-state index contributed by atoms with van der Waals surface area (Å²) in [6.45, 7) is 10.2. The minimum atomic E-state index is -0.429. The fourth-order valence-electron chi connectivity index (χ4n) is 10.1. The zero-order valence-corrected chi connectivity index (χ0v) is 50.8. The van der Waals surface area contributed by atoms with E-state index in [4.69, 9.17) is 0 Å². The number of carbonyl (C=O) groups excluding carboxylic acids is 3. The zero-order chi connectivity index (χ0) is 64.4. The molecule has 0 atom stereocenters. The van der Waals surface area contributed by atoms with Gasteiger partial charge in [0.15, 0.2) is 0 Å². The number of hydrogen-bond donors (Lipinski definition) is 8. The van der Waals surface area contributed by atoms with Crippen molar-refractivity contribution in [3.05, 3.63) is 202 Å². The van der Waals surface area contributed by atoms with E-state index >= 15 is 0 Å². The molecule has 0 saturated carbocycles. The number of imidazole rings is 3. The van der Waals surface area contributed by atoms with Gasteiger partial charge >= 0.3 is 23.8 Å². The zero-order valence-electron chi connectivity index (χ0n) is 50.8. The maximum absolute atomic E-state index is 12.8. The molecule has 10 aromatic heterocycles. The van der Waals surface area contributed by atoms with Crippen LogP contribution in [0.25, 0.3) is 83.7 Å². The molecule has 6 amide bonds. The summed E-state index contributed by atoms with van der Waals surface area (Å²) in [7, 11) is 3.03. The van der Waals surface area contributed by atoms with Gasteiger partial charge in [-0.05, 0) is 123 Å². The first-order chi connectivity index (χ1) is 44.7. The second kappa shape index (κ2) is 27.2. The van der Waals surface area contributed by atoms with E-state index in [2.05, 4.69) is 81.8 Å². The van der Waals surface area contributed by atoms with E-state index in [-0.39, 0.29) is 29.6 Å². The Morgan fingerprint density at radius 3 is 1.49 bits per heavy atom. The predicted molar refractivity (Wildman–Crippen MR) is 349 cm³/mol. The second-order valence-electron chi connectivity index (χ2n) is 20.6. The number of hydrogen-bond acceptors (Lipinski definition) is 14. The summed E-state index contributed by atoms with van der Waals surface area (Å²) in [5, 5.41) is 26.5. The van der Waals surface area contributed by atoms with Crippen LogP contribution >= 0.6 is 0 Å². The number of nitrogens with zero attached hydrogens (tertiary/aromatic N) is 15. The highest BCUT2D eigenvalue weighted by atomic mass is 16.2. The Morgan fingerprint density at radius 2 is 1.02 bits per heavy atom. The van der Waals surface area contributed by atoms with Crippen molar-refractivity contribution in [1.29, 1.82) is 0 Å². The number of aromatic amines is 3. The molecule has 13 aromatic rings. The van der Waals surface area contributed by atoms with Gasteiger partial charge in [0.2, 0.25) is 17.8 Å². The lowest BCUT2D eigenvalue weighted by atomic mass is 10.1. The quantitative estimate of drug-likeness (QED) is 0.0486. The van der Waals surface area contributed by atoms with Gasteiger partial charge in [0, 0.05) is 126 Å². The average Bonchev–Trinajstić information content (AvgIpc) is 1.52. The van der Waals surface area contributed by atoms with Crippen LogP contribution in [-0.4, -0.2) is 132 Å². The number of amides is 6. The van der Waals surface area contributed by atoms with Crippen molar-refractivity contribution in [1.82, 2.24) is 98.4 Å². The third kappa shape index (κ3) is 13.4. The number of H-pyrrole nitrogens is 3. The van der Waals surface area contributed by atoms with Crippen LogP contribution in [0.4, 0.5) is 32.2 Å². The van der Waals surface area contributed by atoms with Crippen molar-refractivity contribution in [3.63, 3.8) is 0 Å². The van der Waals surface area contributed by atoms with E-state index in [1.165, 1.54) is 17.7 Å². The molecule has 0 aliphatic carbocycles. The Morgan fingerprint density at radius 1 is 0.500 bits per heavy atom. The van der Waals surface area contributed by atoms with Gasteiger partial charge in [0.05, 0.1) is 51.5 Å². The van der Waals surface area contributed by atoms with Crippen molar-refractivity contribution in [3.8, 4) is 50.6 Å². The molecule has 29 nitrogen and oxygen atoms in total. The van der Waals surface area contributed by atoms with Crippen LogP contribution in [0, 0.1) is 0 Å². The summed E-state index contributed by atoms with van der Waals surface area (Å²) < 4.78 is 9.15. The third-order valence-electron chi connectivity index (χ3n) is 14.6. The molecule has 0 radical (unpaired) electrons. The first-order valence-corrected chi connectivity index (χ1v) is 29.2. The lowest BCUT2D eigenvalue weighted by Crippen LogP contribution is -2.37.